The lowest BCUT2D eigenvalue weighted by Crippen LogP contribution is -2.40. The number of amides is 1. The normalized spacial score (nSPS) is 11.2. The lowest BCUT2D eigenvalue weighted by molar-refractivity contribution is -0.119. The second kappa shape index (κ2) is 8.27. The van der Waals surface area contributed by atoms with Gasteiger partial charge >= 0.3 is 0 Å². The van der Waals surface area contributed by atoms with E-state index >= 15 is 0 Å². The fourth-order valence-corrected chi connectivity index (χ4v) is 3.60. The zero-order chi connectivity index (χ0) is 18.6. The van der Waals surface area contributed by atoms with Crippen LogP contribution < -0.4 is 9.62 Å². The molecule has 0 heterocycles. The molecule has 9 heteroatoms. The molecule has 0 saturated heterocycles. The minimum absolute atomic E-state index is 0.0634. The minimum atomic E-state index is -3.74. The first kappa shape index (κ1) is 19.8. The fourth-order valence-electron chi connectivity index (χ4n) is 2.09. The van der Waals surface area contributed by atoms with Crippen LogP contribution in [-0.4, -0.2) is 27.1 Å². The Bertz CT molecular complexity index is 888. The zero-order valence-corrected chi connectivity index (χ0v) is 16.3. The Kier molecular flexibility index (Phi) is 6.57. The molecule has 25 heavy (non-hydrogen) atoms. The molecule has 0 aliphatic carbocycles. The molecular weight excluding hydrogens is 407 g/mol. The Hall–Kier alpha value is -1.47. The minimum Gasteiger partial charge on any atom is -0.350 e. The Morgan fingerprint density at radius 1 is 1.04 bits per heavy atom. The van der Waals surface area contributed by atoms with E-state index in [4.69, 9.17) is 34.8 Å². The van der Waals surface area contributed by atoms with Crippen molar-refractivity contribution in [1.29, 1.82) is 0 Å². The van der Waals surface area contributed by atoms with Gasteiger partial charge in [-0.1, -0.05) is 59.1 Å². The van der Waals surface area contributed by atoms with Gasteiger partial charge in [0.1, 0.15) is 6.54 Å². The van der Waals surface area contributed by atoms with Crippen LogP contribution >= 0.6 is 34.8 Å². The summed E-state index contributed by atoms with van der Waals surface area (Å²) in [4.78, 5) is 12.2. The van der Waals surface area contributed by atoms with Gasteiger partial charge in [0.2, 0.25) is 15.9 Å². The van der Waals surface area contributed by atoms with Crippen molar-refractivity contribution in [2.75, 3.05) is 17.1 Å². The summed E-state index contributed by atoms with van der Waals surface area (Å²) in [6, 6.07) is 11.6. The molecule has 0 fully saturated rings. The number of benzene rings is 2. The van der Waals surface area contributed by atoms with Crippen LogP contribution in [0, 0.1) is 0 Å². The zero-order valence-electron chi connectivity index (χ0n) is 13.2. The number of nitrogens with zero attached hydrogens (tertiary/aromatic N) is 1. The van der Waals surface area contributed by atoms with Gasteiger partial charge in [-0.2, -0.15) is 0 Å². The van der Waals surface area contributed by atoms with Crippen LogP contribution in [0.15, 0.2) is 42.5 Å². The Labute approximate surface area is 161 Å². The summed E-state index contributed by atoms with van der Waals surface area (Å²) in [6.07, 6.45) is 0.992. The smallest absolute Gasteiger partial charge is 0.241 e. The highest BCUT2D eigenvalue weighted by Gasteiger charge is 2.23. The van der Waals surface area contributed by atoms with Gasteiger partial charge < -0.3 is 5.32 Å². The molecule has 1 N–H and O–H groups in total. The van der Waals surface area contributed by atoms with Crippen molar-refractivity contribution in [1.82, 2.24) is 5.32 Å². The van der Waals surface area contributed by atoms with Crippen LogP contribution in [0.1, 0.15) is 5.56 Å². The maximum Gasteiger partial charge on any atom is 0.241 e. The molecule has 2 aromatic rings. The Morgan fingerprint density at radius 2 is 1.68 bits per heavy atom. The Morgan fingerprint density at radius 3 is 2.32 bits per heavy atom. The van der Waals surface area contributed by atoms with E-state index < -0.39 is 22.5 Å². The van der Waals surface area contributed by atoms with E-state index in [0.29, 0.717) is 5.02 Å². The number of rotatable bonds is 6. The fraction of sp³-hybridized carbons (Fsp3) is 0.188. The SMILES string of the molecule is CS(=O)(=O)N(CC(=O)NCc1ccccc1Cl)c1cccc(Cl)c1Cl. The molecule has 1 amide bonds. The van der Waals surface area contributed by atoms with Crippen molar-refractivity contribution in [2.24, 2.45) is 0 Å². The second-order valence-electron chi connectivity index (χ2n) is 5.21. The number of nitrogens with one attached hydrogen (secondary N) is 1. The molecule has 134 valence electrons. The molecular formula is C16H15Cl3N2O3S. The number of hydrogen-bond acceptors (Lipinski definition) is 3. The van der Waals surface area contributed by atoms with E-state index in [0.717, 1.165) is 16.1 Å². The van der Waals surface area contributed by atoms with Crippen LogP contribution in [-0.2, 0) is 21.4 Å². The summed E-state index contributed by atoms with van der Waals surface area (Å²) in [5, 5.41) is 3.42. The van der Waals surface area contributed by atoms with Crippen molar-refractivity contribution >= 4 is 56.4 Å². The largest absolute Gasteiger partial charge is 0.350 e. The van der Waals surface area contributed by atoms with Crippen molar-refractivity contribution in [3.63, 3.8) is 0 Å². The van der Waals surface area contributed by atoms with E-state index in [-0.39, 0.29) is 22.3 Å². The molecule has 0 saturated carbocycles. The van der Waals surface area contributed by atoms with E-state index in [1.165, 1.54) is 12.1 Å². The topological polar surface area (TPSA) is 66.5 Å². The van der Waals surface area contributed by atoms with Crippen molar-refractivity contribution < 1.29 is 13.2 Å². The summed E-state index contributed by atoms with van der Waals surface area (Å²) in [5.41, 5.74) is 0.869. The van der Waals surface area contributed by atoms with Gasteiger partial charge in [0, 0.05) is 11.6 Å². The molecule has 0 bridgehead atoms. The number of hydrogen-bond donors (Lipinski definition) is 1. The van der Waals surface area contributed by atoms with Gasteiger partial charge in [-0.25, -0.2) is 8.42 Å². The number of anilines is 1. The highest BCUT2D eigenvalue weighted by molar-refractivity contribution is 7.92. The molecule has 0 radical (unpaired) electrons. The Balaban J connectivity index is 2.17. The van der Waals surface area contributed by atoms with Crippen LogP contribution in [0.2, 0.25) is 15.1 Å². The lowest BCUT2D eigenvalue weighted by Gasteiger charge is -2.23. The molecule has 0 atom stereocenters. The van der Waals surface area contributed by atoms with Gasteiger partial charge in [-0.3, -0.25) is 9.10 Å². The highest BCUT2D eigenvalue weighted by Crippen LogP contribution is 2.33. The lowest BCUT2D eigenvalue weighted by atomic mass is 10.2. The molecule has 2 aromatic carbocycles. The van der Waals surface area contributed by atoms with Gasteiger partial charge in [0.05, 0.1) is 22.0 Å². The second-order valence-corrected chi connectivity index (χ2v) is 8.31. The van der Waals surface area contributed by atoms with Crippen LogP contribution in [0.4, 0.5) is 5.69 Å². The van der Waals surface area contributed by atoms with Gasteiger partial charge in [0.25, 0.3) is 0 Å². The third kappa shape index (κ3) is 5.25. The predicted molar refractivity (Wildman–Crippen MR) is 102 cm³/mol. The maximum atomic E-state index is 12.2. The standard InChI is InChI=1S/C16H15Cl3N2O3S/c1-25(23,24)21(14-8-4-7-13(18)16(14)19)10-15(22)20-9-11-5-2-3-6-12(11)17/h2-8H,9-10H2,1H3,(H,20,22). The average molecular weight is 422 g/mol. The number of sulfonamides is 1. The first-order valence-electron chi connectivity index (χ1n) is 7.12. The van der Waals surface area contributed by atoms with Crippen LogP contribution in [0.5, 0.6) is 0 Å². The molecule has 0 unspecified atom stereocenters. The van der Waals surface area contributed by atoms with Crippen LogP contribution in [0.3, 0.4) is 0 Å². The predicted octanol–water partition coefficient (Wildman–Crippen LogP) is 3.73. The molecule has 2 rings (SSSR count). The quantitative estimate of drug-likeness (QED) is 0.773. The summed E-state index contributed by atoms with van der Waals surface area (Å²) < 4.78 is 25.1. The first-order valence-corrected chi connectivity index (χ1v) is 10.1. The summed E-state index contributed by atoms with van der Waals surface area (Å²) in [5.74, 6) is -0.499. The monoisotopic (exact) mass is 420 g/mol. The number of carbonyl (C=O) groups excluding carboxylic acids is 1. The molecule has 0 aliphatic heterocycles. The summed E-state index contributed by atoms with van der Waals surface area (Å²) in [6.45, 7) is -0.247. The van der Waals surface area contributed by atoms with Crippen molar-refractivity contribution in [2.45, 2.75) is 6.54 Å². The third-order valence-corrected chi connectivity index (χ3v) is 5.63. The maximum absolute atomic E-state index is 12.2. The van der Waals surface area contributed by atoms with E-state index in [1.807, 2.05) is 0 Å². The first-order chi connectivity index (χ1) is 11.7. The van der Waals surface area contributed by atoms with Crippen molar-refractivity contribution in [3.05, 3.63) is 63.1 Å². The average Bonchev–Trinajstić information content (AvgIpc) is 2.54. The molecule has 0 spiro atoms. The van der Waals surface area contributed by atoms with Gasteiger partial charge in [-0.15, -0.1) is 0 Å². The van der Waals surface area contributed by atoms with E-state index in [9.17, 15) is 13.2 Å². The van der Waals surface area contributed by atoms with Crippen LogP contribution in [0.25, 0.3) is 0 Å². The van der Waals surface area contributed by atoms with E-state index in [1.54, 1.807) is 30.3 Å². The third-order valence-electron chi connectivity index (χ3n) is 3.32. The van der Waals surface area contributed by atoms with E-state index in [2.05, 4.69) is 5.32 Å². The number of halogens is 3. The summed E-state index contributed by atoms with van der Waals surface area (Å²) in [7, 11) is -3.74. The summed E-state index contributed by atoms with van der Waals surface area (Å²) >= 11 is 18.0. The molecule has 0 aliphatic rings. The highest BCUT2D eigenvalue weighted by atomic mass is 35.5. The number of carbonyl (C=O) groups is 1. The molecule has 0 aromatic heterocycles. The molecule has 5 nitrogen and oxygen atoms in total. The van der Waals surface area contributed by atoms with Gasteiger partial charge in [0.15, 0.2) is 0 Å². The van der Waals surface area contributed by atoms with Gasteiger partial charge in [-0.05, 0) is 23.8 Å². The van der Waals surface area contributed by atoms with Crippen molar-refractivity contribution in [3.8, 4) is 0 Å².